The van der Waals surface area contributed by atoms with E-state index in [-0.39, 0.29) is 0 Å². The molecular formula is C19H26F2N2O. The molecule has 24 heavy (non-hydrogen) atoms. The molecule has 2 fully saturated rings. The minimum Gasteiger partial charge on any atom is -0.339 e. The van der Waals surface area contributed by atoms with Gasteiger partial charge in [0.1, 0.15) is 0 Å². The van der Waals surface area contributed by atoms with Gasteiger partial charge in [-0.1, -0.05) is 19.4 Å². The largest absolute Gasteiger partial charge is 0.339 e. The van der Waals surface area contributed by atoms with Gasteiger partial charge in [-0.2, -0.15) is 0 Å². The Morgan fingerprint density at radius 1 is 1.21 bits per heavy atom. The summed E-state index contributed by atoms with van der Waals surface area (Å²) in [5.74, 6) is -0.774. The Balaban J connectivity index is 1.62. The topological polar surface area (TPSA) is 23.6 Å². The molecule has 2 aliphatic heterocycles. The highest BCUT2D eigenvalue weighted by molar-refractivity contribution is 5.77. The molecule has 1 aromatic carbocycles. The smallest absolute Gasteiger partial charge is 0.222 e. The Bertz CT molecular complexity index is 593. The van der Waals surface area contributed by atoms with E-state index in [0.29, 0.717) is 30.8 Å². The molecule has 3 nitrogen and oxygen atoms in total. The minimum atomic E-state index is -0.796. The first-order valence-corrected chi connectivity index (χ1v) is 9.04. The van der Waals surface area contributed by atoms with Gasteiger partial charge in [0, 0.05) is 38.6 Å². The lowest BCUT2D eigenvalue weighted by molar-refractivity contribution is -0.141. The van der Waals surface area contributed by atoms with Crippen molar-refractivity contribution in [2.45, 2.75) is 51.6 Å². The van der Waals surface area contributed by atoms with E-state index in [1.165, 1.54) is 12.1 Å². The number of nitrogens with zero attached hydrogens (tertiary/aromatic N) is 2. The van der Waals surface area contributed by atoms with Gasteiger partial charge in [-0.15, -0.1) is 0 Å². The monoisotopic (exact) mass is 336 g/mol. The fourth-order valence-corrected chi connectivity index (χ4v) is 4.09. The molecule has 0 N–H and O–H groups in total. The van der Waals surface area contributed by atoms with Crippen molar-refractivity contribution in [2.75, 3.05) is 19.6 Å². The first-order valence-electron chi connectivity index (χ1n) is 9.04. The second kappa shape index (κ2) is 7.60. The van der Waals surface area contributed by atoms with Gasteiger partial charge in [-0.25, -0.2) is 8.78 Å². The summed E-state index contributed by atoms with van der Waals surface area (Å²) in [6, 6.07) is 4.50. The maximum Gasteiger partial charge on any atom is 0.222 e. The van der Waals surface area contributed by atoms with E-state index in [4.69, 9.17) is 0 Å². The molecule has 2 heterocycles. The highest BCUT2D eigenvalue weighted by Crippen LogP contribution is 2.32. The van der Waals surface area contributed by atoms with Crippen LogP contribution in [0.1, 0.15) is 44.6 Å². The van der Waals surface area contributed by atoms with Gasteiger partial charge in [0.15, 0.2) is 11.6 Å². The fraction of sp³-hybridized carbons (Fsp3) is 0.632. The van der Waals surface area contributed by atoms with Crippen molar-refractivity contribution in [1.29, 1.82) is 0 Å². The number of carbonyl (C=O) groups is 1. The summed E-state index contributed by atoms with van der Waals surface area (Å²) in [4.78, 5) is 16.6. The van der Waals surface area contributed by atoms with Crippen molar-refractivity contribution >= 4 is 5.91 Å². The number of halogens is 2. The molecule has 2 aliphatic rings. The summed E-state index contributed by atoms with van der Waals surface area (Å²) in [6.07, 6.45) is 4.73. The van der Waals surface area contributed by atoms with Gasteiger partial charge in [0.25, 0.3) is 0 Å². The summed E-state index contributed by atoms with van der Waals surface area (Å²) in [6.45, 7) is 5.50. The molecule has 0 aromatic heterocycles. The van der Waals surface area contributed by atoms with E-state index in [0.717, 1.165) is 50.9 Å². The van der Waals surface area contributed by atoms with Gasteiger partial charge in [-0.3, -0.25) is 9.69 Å². The fourth-order valence-electron chi connectivity index (χ4n) is 4.09. The Hall–Kier alpha value is -1.49. The van der Waals surface area contributed by atoms with Crippen LogP contribution in [0.3, 0.4) is 0 Å². The van der Waals surface area contributed by atoms with Crippen LogP contribution < -0.4 is 0 Å². The van der Waals surface area contributed by atoms with E-state index in [2.05, 4.69) is 16.7 Å². The van der Waals surface area contributed by atoms with Crippen LogP contribution in [0, 0.1) is 17.6 Å². The molecule has 0 saturated carbocycles. The van der Waals surface area contributed by atoms with Crippen LogP contribution in [0.5, 0.6) is 0 Å². The summed E-state index contributed by atoms with van der Waals surface area (Å²) in [7, 11) is 0. The molecule has 0 spiro atoms. The zero-order valence-electron chi connectivity index (χ0n) is 14.3. The van der Waals surface area contributed by atoms with Crippen LogP contribution in [0.2, 0.25) is 0 Å². The lowest BCUT2D eigenvalue weighted by atomic mass is 9.83. The van der Waals surface area contributed by atoms with Gasteiger partial charge >= 0.3 is 0 Å². The third-order valence-corrected chi connectivity index (χ3v) is 5.37. The van der Waals surface area contributed by atoms with E-state index in [9.17, 15) is 13.6 Å². The molecule has 2 atom stereocenters. The van der Waals surface area contributed by atoms with Crippen molar-refractivity contribution < 1.29 is 13.6 Å². The quantitative estimate of drug-likeness (QED) is 0.820. The van der Waals surface area contributed by atoms with Crippen LogP contribution in [-0.4, -0.2) is 41.4 Å². The minimum absolute atomic E-state index is 0.304. The number of rotatable bonds is 5. The second-order valence-electron chi connectivity index (χ2n) is 7.08. The first kappa shape index (κ1) is 17.3. The number of hydrogen-bond donors (Lipinski definition) is 0. The number of carbonyl (C=O) groups excluding carboxylic acids is 1. The maximum absolute atomic E-state index is 13.4. The molecule has 0 bridgehead atoms. The zero-order valence-corrected chi connectivity index (χ0v) is 14.3. The first-order chi connectivity index (χ1) is 11.6. The molecule has 0 unspecified atom stereocenters. The zero-order chi connectivity index (χ0) is 17.1. The molecule has 1 amide bonds. The number of likely N-dealkylation sites (tertiary alicyclic amines) is 2. The van der Waals surface area contributed by atoms with Gasteiger partial charge < -0.3 is 4.90 Å². The molecule has 0 radical (unpaired) electrons. The van der Waals surface area contributed by atoms with E-state index < -0.39 is 11.6 Å². The van der Waals surface area contributed by atoms with Crippen molar-refractivity contribution in [2.24, 2.45) is 5.92 Å². The Morgan fingerprint density at radius 2 is 2.04 bits per heavy atom. The Kier molecular flexibility index (Phi) is 5.49. The standard InChI is InChI=1S/C19H26F2N2O/c1-2-3-9-23-18-8-10-22(13-15(18)5-7-19(23)24)12-14-4-6-16(20)17(21)11-14/h4,6,11,15,18H,2-3,5,7-10,12-13H2,1H3/t15-,18+/m1/s1. The average Bonchev–Trinajstić information content (AvgIpc) is 2.57. The third-order valence-electron chi connectivity index (χ3n) is 5.37. The molecule has 1 aromatic rings. The number of benzene rings is 1. The molecule has 3 rings (SSSR count). The van der Waals surface area contributed by atoms with Crippen molar-refractivity contribution in [3.05, 3.63) is 35.4 Å². The van der Waals surface area contributed by atoms with E-state index in [1.807, 2.05) is 0 Å². The normalized spacial score (nSPS) is 25.0. The predicted molar refractivity (Wildman–Crippen MR) is 89.4 cm³/mol. The number of unbranched alkanes of at least 4 members (excludes halogenated alkanes) is 1. The average molecular weight is 336 g/mol. The lowest BCUT2D eigenvalue weighted by Crippen LogP contribution is -2.55. The van der Waals surface area contributed by atoms with Crippen LogP contribution in [0.15, 0.2) is 18.2 Å². The van der Waals surface area contributed by atoms with E-state index in [1.54, 1.807) is 6.07 Å². The maximum atomic E-state index is 13.4. The SMILES string of the molecule is CCCCN1C(=O)CC[C@@H]2CN(Cc3ccc(F)c(F)c3)CC[C@@H]21. The molecule has 132 valence electrons. The van der Waals surface area contributed by atoms with Crippen molar-refractivity contribution in [3.8, 4) is 0 Å². The van der Waals surface area contributed by atoms with Crippen LogP contribution in [0.25, 0.3) is 0 Å². The summed E-state index contributed by atoms with van der Waals surface area (Å²) < 4.78 is 26.4. The van der Waals surface area contributed by atoms with E-state index >= 15 is 0 Å². The van der Waals surface area contributed by atoms with Gasteiger partial charge in [0.2, 0.25) is 5.91 Å². The summed E-state index contributed by atoms with van der Waals surface area (Å²) in [5, 5.41) is 0. The van der Waals surface area contributed by atoms with Crippen LogP contribution in [-0.2, 0) is 11.3 Å². The number of amides is 1. The number of fused-ring (bicyclic) bond motifs is 1. The van der Waals surface area contributed by atoms with Gasteiger partial charge in [0.05, 0.1) is 0 Å². The van der Waals surface area contributed by atoms with Crippen molar-refractivity contribution in [1.82, 2.24) is 9.80 Å². The Labute approximate surface area is 142 Å². The summed E-state index contributed by atoms with van der Waals surface area (Å²) in [5.41, 5.74) is 0.807. The lowest BCUT2D eigenvalue weighted by Gasteiger charge is -2.47. The number of piperidine rings is 2. The molecular weight excluding hydrogens is 310 g/mol. The predicted octanol–water partition coefficient (Wildman–Crippen LogP) is 3.58. The number of hydrogen-bond acceptors (Lipinski definition) is 2. The Morgan fingerprint density at radius 3 is 2.79 bits per heavy atom. The van der Waals surface area contributed by atoms with Crippen LogP contribution in [0.4, 0.5) is 8.78 Å². The third kappa shape index (κ3) is 3.77. The molecule has 5 heteroatoms. The highest BCUT2D eigenvalue weighted by atomic mass is 19.2. The molecule has 0 aliphatic carbocycles. The summed E-state index contributed by atoms with van der Waals surface area (Å²) >= 11 is 0. The highest BCUT2D eigenvalue weighted by Gasteiger charge is 2.38. The van der Waals surface area contributed by atoms with Gasteiger partial charge in [-0.05, 0) is 42.9 Å². The van der Waals surface area contributed by atoms with Crippen molar-refractivity contribution in [3.63, 3.8) is 0 Å². The molecule has 2 saturated heterocycles. The second-order valence-corrected chi connectivity index (χ2v) is 7.08. The van der Waals surface area contributed by atoms with Crippen LogP contribution >= 0.6 is 0 Å².